The number of hydrogen-bond acceptors (Lipinski definition) is 1. The van der Waals surface area contributed by atoms with Crippen molar-refractivity contribution in [1.82, 2.24) is 0 Å². The minimum Gasteiger partial charge on any atom is -0.300 e. The van der Waals surface area contributed by atoms with Crippen LogP contribution in [0.25, 0.3) is 0 Å². The summed E-state index contributed by atoms with van der Waals surface area (Å²) >= 11 is 0. The number of carbonyl (C=O) groups is 1. The van der Waals surface area contributed by atoms with Gasteiger partial charge in [-0.05, 0) is 80.5 Å². The molecule has 7 atom stereocenters. The van der Waals surface area contributed by atoms with E-state index in [2.05, 4.69) is 13.8 Å². The Morgan fingerprint density at radius 2 is 1.80 bits per heavy atom. The summed E-state index contributed by atoms with van der Waals surface area (Å²) < 4.78 is 39.2. The summed E-state index contributed by atoms with van der Waals surface area (Å²) in [4.78, 5) is 12.1. The Bertz CT molecular complexity index is 500. The van der Waals surface area contributed by atoms with Crippen LogP contribution in [-0.4, -0.2) is 12.0 Å². The smallest absolute Gasteiger partial charge is 0.300 e. The summed E-state index contributed by atoms with van der Waals surface area (Å²) in [5.74, 6) is 2.08. The first-order valence-corrected chi connectivity index (χ1v) is 10.2. The highest BCUT2D eigenvalue weighted by atomic mass is 19.4. The van der Waals surface area contributed by atoms with Crippen molar-refractivity contribution in [3.63, 3.8) is 0 Å². The van der Waals surface area contributed by atoms with Crippen LogP contribution in [0.3, 0.4) is 0 Å². The molecule has 0 aromatic heterocycles. The molecule has 0 radical (unpaired) electrons. The molecule has 3 rings (SSSR count). The van der Waals surface area contributed by atoms with E-state index in [1.807, 2.05) is 0 Å². The van der Waals surface area contributed by atoms with Crippen molar-refractivity contribution in [3.8, 4) is 0 Å². The highest BCUT2D eigenvalue weighted by Gasteiger charge is 2.57. The summed E-state index contributed by atoms with van der Waals surface area (Å²) in [6.07, 6.45) is 3.08. The predicted octanol–water partition coefficient (Wildman–Crippen LogP) is 6.41. The Morgan fingerprint density at radius 3 is 2.40 bits per heavy atom. The average molecular weight is 358 g/mol. The highest BCUT2D eigenvalue weighted by molar-refractivity contribution is 5.79. The molecule has 0 heterocycles. The molecule has 3 fully saturated rings. The summed E-state index contributed by atoms with van der Waals surface area (Å²) in [6, 6.07) is 0. The van der Waals surface area contributed by atoms with E-state index in [1.54, 1.807) is 6.92 Å². The van der Waals surface area contributed by atoms with Crippen LogP contribution in [0.2, 0.25) is 0 Å². The summed E-state index contributed by atoms with van der Waals surface area (Å²) in [6.45, 7) is 6.12. The lowest BCUT2D eigenvalue weighted by atomic mass is 9.50. The molecule has 1 nitrogen and oxygen atoms in total. The van der Waals surface area contributed by atoms with Gasteiger partial charge in [-0.15, -0.1) is 0 Å². The zero-order valence-corrected chi connectivity index (χ0v) is 15.9. The molecule has 0 spiro atoms. The lowest BCUT2D eigenvalue weighted by Gasteiger charge is -2.54. The van der Waals surface area contributed by atoms with E-state index in [0.717, 1.165) is 51.4 Å². The molecule has 0 aromatic carbocycles. The number of carbonyl (C=O) groups excluding carboxylic acids is 1. The second-order valence-corrected chi connectivity index (χ2v) is 9.33. The van der Waals surface area contributed by atoms with Gasteiger partial charge < -0.3 is 0 Å². The van der Waals surface area contributed by atoms with Crippen LogP contribution in [0.1, 0.15) is 78.6 Å². The largest absolute Gasteiger partial charge is 0.389 e. The van der Waals surface area contributed by atoms with E-state index in [-0.39, 0.29) is 23.2 Å². The molecule has 0 aromatic rings. The lowest BCUT2D eigenvalue weighted by Crippen LogP contribution is -2.48. The van der Waals surface area contributed by atoms with E-state index in [4.69, 9.17) is 0 Å². The van der Waals surface area contributed by atoms with Gasteiger partial charge >= 0.3 is 6.18 Å². The molecule has 0 aliphatic heterocycles. The Balaban J connectivity index is 1.81. The monoisotopic (exact) mass is 358 g/mol. The topological polar surface area (TPSA) is 17.1 Å². The van der Waals surface area contributed by atoms with Crippen molar-refractivity contribution in [1.29, 1.82) is 0 Å². The van der Waals surface area contributed by atoms with Gasteiger partial charge in [0.2, 0.25) is 0 Å². The number of Topliss-reactive ketones (excluding diaryl/α,β-unsaturated/α-hetero) is 1. The van der Waals surface area contributed by atoms with Crippen molar-refractivity contribution in [2.24, 2.45) is 40.9 Å². The normalized spacial score (nSPS) is 44.2. The Kier molecular flexibility index (Phi) is 5.30. The van der Waals surface area contributed by atoms with Crippen molar-refractivity contribution in [2.45, 2.75) is 84.7 Å². The molecule has 0 amide bonds. The second-order valence-electron chi connectivity index (χ2n) is 9.33. The second kappa shape index (κ2) is 6.88. The van der Waals surface area contributed by atoms with Crippen molar-refractivity contribution in [2.75, 3.05) is 0 Å². The van der Waals surface area contributed by atoms with Gasteiger partial charge in [0.05, 0.1) is 0 Å². The number of hydrogen-bond donors (Lipinski definition) is 0. The molecule has 25 heavy (non-hydrogen) atoms. The fourth-order valence-electron chi connectivity index (χ4n) is 7.24. The number of alkyl halides is 3. The van der Waals surface area contributed by atoms with E-state index < -0.39 is 12.6 Å². The van der Waals surface area contributed by atoms with Gasteiger partial charge in [-0.1, -0.05) is 26.7 Å². The van der Waals surface area contributed by atoms with Crippen LogP contribution < -0.4 is 0 Å². The molecule has 0 saturated heterocycles. The standard InChI is InChI=1S/C21H33F3O/c1-4-5-15-14(12-21(22,23)24)6-7-17-16(15)10-11-20(3)18(13(2)25)8-9-19(17)20/h14-19H,4-12H2,1-3H3. The van der Waals surface area contributed by atoms with E-state index in [0.29, 0.717) is 23.5 Å². The van der Waals surface area contributed by atoms with Crippen LogP contribution in [-0.2, 0) is 4.79 Å². The molecule has 0 N–H and O–H groups in total. The lowest BCUT2D eigenvalue weighted by molar-refractivity contribution is -0.161. The van der Waals surface area contributed by atoms with Crippen molar-refractivity contribution < 1.29 is 18.0 Å². The Labute approximate surface area is 150 Å². The van der Waals surface area contributed by atoms with Gasteiger partial charge in [0.1, 0.15) is 5.78 Å². The summed E-state index contributed by atoms with van der Waals surface area (Å²) in [5.41, 5.74) is 0.0978. The molecule has 144 valence electrons. The van der Waals surface area contributed by atoms with Gasteiger partial charge in [-0.25, -0.2) is 0 Å². The number of fused-ring (bicyclic) bond motifs is 3. The molecular formula is C21H33F3O. The average Bonchev–Trinajstić information content (AvgIpc) is 2.85. The third-order valence-electron chi connectivity index (χ3n) is 8.13. The van der Waals surface area contributed by atoms with Crippen LogP contribution in [0.15, 0.2) is 0 Å². The zero-order valence-electron chi connectivity index (χ0n) is 15.9. The quantitative estimate of drug-likeness (QED) is 0.567. The molecule has 7 unspecified atom stereocenters. The van der Waals surface area contributed by atoms with Crippen molar-refractivity contribution in [3.05, 3.63) is 0 Å². The first kappa shape index (κ1) is 19.2. The van der Waals surface area contributed by atoms with E-state index in [9.17, 15) is 18.0 Å². The third-order valence-corrected chi connectivity index (χ3v) is 8.13. The van der Waals surface area contributed by atoms with Gasteiger partial charge in [-0.2, -0.15) is 13.2 Å². The third kappa shape index (κ3) is 3.51. The van der Waals surface area contributed by atoms with Gasteiger partial charge in [0, 0.05) is 12.3 Å². The number of ketones is 1. The predicted molar refractivity (Wildman–Crippen MR) is 93.0 cm³/mol. The summed E-state index contributed by atoms with van der Waals surface area (Å²) in [7, 11) is 0. The van der Waals surface area contributed by atoms with Crippen LogP contribution in [0, 0.1) is 40.9 Å². The highest BCUT2D eigenvalue weighted by Crippen LogP contribution is 2.64. The van der Waals surface area contributed by atoms with E-state index >= 15 is 0 Å². The number of rotatable bonds is 4. The van der Waals surface area contributed by atoms with Crippen LogP contribution in [0.4, 0.5) is 13.2 Å². The van der Waals surface area contributed by atoms with E-state index in [1.165, 1.54) is 0 Å². The molecule has 3 aliphatic carbocycles. The van der Waals surface area contributed by atoms with Gasteiger partial charge in [0.15, 0.2) is 0 Å². The van der Waals surface area contributed by atoms with Crippen LogP contribution in [0.5, 0.6) is 0 Å². The molecule has 4 heteroatoms. The molecular weight excluding hydrogens is 325 g/mol. The minimum absolute atomic E-state index is 0.0978. The Hall–Kier alpha value is -0.540. The van der Waals surface area contributed by atoms with Gasteiger partial charge in [0.25, 0.3) is 0 Å². The molecule has 3 aliphatic rings. The molecule has 3 saturated carbocycles. The summed E-state index contributed by atoms with van der Waals surface area (Å²) in [5, 5.41) is 0. The first-order chi connectivity index (χ1) is 11.7. The Morgan fingerprint density at radius 1 is 1.08 bits per heavy atom. The maximum Gasteiger partial charge on any atom is 0.389 e. The van der Waals surface area contributed by atoms with Gasteiger partial charge in [-0.3, -0.25) is 4.79 Å². The maximum atomic E-state index is 13.1. The number of halogens is 3. The SMILES string of the molecule is CCCC1C(CC(F)(F)F)CCC2C1CCC1(C)C(C(C)=O)CCC21. The van der Waals surface area contributed by atoms with Crippen molar-refractivity contribution >= 4 is 5.78 Å². The zero-order chi connectivity index (χ0) is 18.4. The first-order valence-electron chi connectivity index (χ1n) is 10.2. The maximum absolute atomic E-state index is 13.1. The fourth-order valence-corrected chi connectivity index (χ4v) is 7.24. The molecule has 0 bridgehead atoms. The fraction of sp³-hybridized carbons (Fsp3) is 0.952. The minimum atomic E-state index is -4.04. The van der Waals surface area contributed by atoms with Crippen LogP contribution >= 0.6 is 0 Å².